The molecule has 8 nitrogen and oxygen atoms in total. The lowest BCUT2D eigenvalue weighted by atomic mass is 9.95. The van der Waals surface area contributed by atoms with E-state index in [-0.39, 0.29) is 37.2 Å². The molecule has 2 unspecified atom stereocenters. The van der Waals surface area contributed by atoms with Gasteiger partial charge in [0, 0.05) is 25.4 Å². The number of hydrogen-bond acceptors (Lipinski definition) is 5. The summed E-state index contributed by atoms with van der Waals surface area (Å²) in [5.41, 5.74) is 1.04. The molecular formula is C21H24N4O4. The molecule has 2 saturated heterocycles. The minimum Gasteiger partial charge on any atom is -0.467 e. The molecule has 0 spiro atoms. The molecule has 1 N–H and O–H groups in total. The van der Waals surface area contributed by atoms with Crippen LogP contribution >= 0.6 is 0 Å². The summed E-state index contributed by atoms with van der Waals surface area (Å²) in [6.45, 7) is 0.797. The average Bonchev–Trinajstić information content (AvgIpc) is 3.36. The van der Waals surface area contributed by atoms with Crippen LogP contribution in [0.3, 0.4) is 0 Å². The van der Waals surface area contributed by atoms with Gasteiger partial charge in [0.05, 0.1) is 18.8 Å². The average molecular weight is 396 g/mol. The van der Waals surface area contributed by atoms with Crippen LogP contribution in [0.1, 0.15) is 49.5 Å². The van der Waals surface area contributed by atoms with Gasteiger partial charge in [0.2, 0.25) is 5.91 Å². The first-order valence-corrected chi connectivity index (χ1v) is 9.97. The quantitative estimate of drug-likeness (QED) is 0.758. The summed E-state index contributed by atoms with van der Waals surface area (Å²) in [6.07, 6.45) is 8.48. The summed E-state index contributed by atoms with van der Waals surface area (Å²) in [5, 5.41) is 2.68. The van der Waals surface area contributed by atoms with Gasteiger partial charge >= 0.3 is 6.03 Å². The van der Waals surface area contributed by atoms with Crippen LogP contribution in [-0.4, -0.2) is 45.2 Å². The van der Waals surface area contributed by atoms with Crippen LogP contribution in [0.15, 0.2) is 47.3 Å². The fourth-order valence-electron chi connectivity index (χ4n) is 4.04. The Labute approximate surface area is 168 Å². The lowest BCUT2D eigenvalue weighted by Gasteiger charge is -2.36. The molecule has 152 valence electrons. The molecule has 0 aromatic carbocycles. The predicted molar refractivity (Wildman–Crippen MR) is 103 cm³/mol. The third kappa shape index (κ3) is 4.16. The molecule has 2 fully saturated rings. The fourth-order valence-corrected chi connectivity index (χ4v) is 4.04. The SMILES string of the molecule is O=C1NC(CCC(=O)N2CCCCC2c2cccnc2)C(=O)N1Cc1ccco1. The number of carbonyl (C=O) groups is 3. The first-order chi connectivity index (χ1) is 14.1. The molecule has 4 amide bonds. The second-order valence-corrected chi connectivity index (χ2v) is 7.43. The zero-order valence-electron chi connectivity index (χ0n) is 16.1. The summed E-state index contributed by atoms with van der Waals surface area (Å²) < 4.78 is 5.22. The van der Waals surface area contributed by atoms with E-state index in [4.69, 9.17) is 4.42 Å². The highest BCUT2D eigenvalue weighted by molar-refractivity contribution is 6.04. The predicted octanol–water partition coefficient (Wildman–Crippen LogP) is 2.63. The summed E-state index contributed by atoms with van der Waals surface area (Å²) in [6, 6.07) is 6.20. The normalized spacial score (nSPS) is 22.1. The Morgan fingerprint density at radius 2 is 2.14 bits per heavy atom. The topological polar surface area (TPSA) is 95.8 Å². The number of likely N-dealkylation sites (tertiary alicyclic amines) is 1. The molecular weight excluding hydrogens is 372 g/mol. The number of amides is 4. The van der Waals surface area contributed by atoms with Gasteiger partial charge in [-0.25, -0.2) is 4.79 Å². The van der Waals surface area contributed by atoms with Gasteiger partial charge in [-0.05, 0) is 49.4 Å². The van der Waals surface area contributed by atoms with Crippen LogP contribution in [0.4, 0.5) is 4.79 Å². The van der Waals surface area contributed by atoms with Crippen molar-refractivity contribution in [3.63, 3.8) is 0 Å². The van der Waals surface area contributed by atoms with E-state index in [1.807, 2.05) is 23.2 Å². The Bertz CT molecular complexity index is 868. The van der Waals surface area contributed by atoms with Crippen LogP contribution in [0.2, 0.25) is 0 Å². The number of rotatable bonds is 6. The Kier molecular flexibility index (Phi) is 5.59. The van der Waals surface area contributed by atoms with Crippen LogP contribution in [-0.2, 0) is 16.1 Å². The molecule has 0 aliphatic carbocycles. The number of carbonyl (C=O) groups excluding carboxylic acids is 3. The molecule has 0 radical (unpaired) electrons. The minimum atomic E-state index is -0.678. The van der Waals surface area contributed by atoms with Crippen molar-refractivity contribution in [3.05, 3.63) is 54.2 Å². The fraction of sp³-hybridized carbons (Fsp3) is 0.429. The zero-order valence-corrected chi connectivity index (χ0v) is 16.1. The molecule has 29 heavy (non-hydrogen) atoms. The van der Waals surface area contributed by atoms with Crippen molar-refractivity contribution in [1.29, 1.82) is 0 Å². The van der Waals surface area contributed by atoms with Gasteiger partial charge in [-0.15, -0.1) is 0 Å². The number of nitrogens with one attached hydrogen (secondary N) is 1. The molecule has 2 aromatic heterocycles. The third-order valence-corrected chi connectivity index (χ3v) is 5.54. The Hall–Kier alpha value is -3.16. The van der Waals surface area contributed by atoms with E-state index in [0.29, 0.717) is 12.3 Å². The van der Waals surface area contributed by atoms with Gasteiger partial charge in [-0.3, -0.25) is 19.5 Å². The molecule has 2 atom stereocenters. The molecule has 2 aliphatic heterocycles. The van der Waals surface area contributed by atoms with Crippen molar-refractivity contribution in [2.24, 2.45) is 0 Å². The first kappa shape index (κ1) is 19.2. The second kappa shape index (κ2) is 8.46. The maximum absolute atomic E-state index is 12.9. The summed E-state index contributed by atoms with van der Waals surface area (Å²) in [4.78, 5) is 44.9. The molecule has 4 heterocycles. The highest BCUT2D eigenvalue weighted by atomic mass is 16.3. The van der Waals surface area contributed by atoms with Crippen molar-refractivity contribution >= 4 is 17.8 Å². The maximum atomic E-state index is 12.9. The summed E-state index contributed by atoms with van der Waals surface area (Å²) >= 11 is 0. The Balaban J connectivity index is 1.36. The van der Waals surface area contributed by atoms with Crippen LogP contribution < -0.4 is 5.32 Å². The molecule has 0 bridgehead atoms. The van der Waals surface area contributed by atoms with Crippen molar-refractivity contribution in [3.8, 4) is 0 Å². The highest BCUT2D eigenvalue weighted by Crippen LogP contribution is 2.31. The van der Waals surface area contributed by atoms with E-state index in [0.717, 1.165) is 29.7 Å². The Morgan fingerprint density at radius 1 is 1.24 bits per heavy atom. The molecule has 2 aliphatic rings. The summed E-state index contributed by atoms with van der Waals surface area (Å²) in [5.74, 6) is 0.226. The van der Waals surface area contributed by atoms with Crippen LogP contribution in [0, 0.1) is 0 Å². The molecule has 2 aromatic rings. The number of furan rings is 1. The van der Waals surface area contributed by atoms with Crippen LogP contribution in [0.25, 0.3) is 0 Å². The largest absolute Gasteiger partial charge is 0.467 e. The maximum Gasteiger partial charge on any atom is 0.325 e. The smallest absolute Gasteiger partial charge is 0.325 e. The molecule has 0 saturated carbocycles. The third-order valence-electron chi connectivity index (χ3n) is 5.54. The lowest BCUT2D eigenvalue weighted by Crippen LogP contribution is -2.39. The molecule has 8 heteroatoms. The number of pyridine rings is 1. The minimum absolute atomic E-state index is 0.00471. The number of piperidine rings is 1. The van der Waals surface area contributed by atoms with Gasteiger partial charge in [-0.1, -0.05) is 6.07 Å². The summed E-state index contributed by atoms with van der Waals surface area (Å²) in [7, 11) is 0. The lowest BCUT2D eigenvalue weighted by molar-refractivity contribution is -0.135. The van der Waals surface area contributed by atoms with Gasteiger partial charge < -0.3 is 14.6 Å². The van der Waals surface area contributed by atoms with E-state index < -0.39 is 12.1 Å². The van der Waals surface area contributed by atoms with Crippen molar-refractivity contribution in [1.82, 2.24) is 20.1 Å². The van der Waals surface area contributed by atoms with Crippen molar-refractivity contribution in [2.45, 2.75) is 50.7 Å². The van der Waals surface area contributed by atoms with Crippen LogP contribution in [0.5, 0.6) is 0 Å². The first-order valence-electron chi connectivity index (χ1n) is 9.97. The number of hydrogen-bond donors (Lipinski definition) is 1. The van der Waals surface area contributed by atoms with E-state index in [1.54, 1.807) is 18.3 Å². The van der Waals surface area contributed by atoms with Gasteiger partial charge in [0.15, 0.2) is 0 Å². The van der Waals surface area contributed by atoms with Gasteiger partial charge in [0.1, 0.15) is 11.8 Å². The standard InChI is InChI=1S/C21H24N4O4/c26-19(24-11-2-1-7-18(24)15-5-3-10-22-13-15)9-8-17-20(27)25(21(28)23-17)14-16-6-4-12-29-16/h3-6,10,12-13,17-18H,1-2,7-9,11,14H2,(H,23,28). The van der Waals surface area contributed by atoms with Gasteiger partial charge in [-0.2, -0.15) is 0 Å². The zero-order chi connectivity index (χ0) is 20.2. The van der Waals surface area contributed by atoms with Crippen molar-refractivity contribution < 1.29 is 18.8 Å². The van der Waals surface area contributed by atoms with Crippen molar-refractivity contribution in [2.75, 3.05) is 6.54 Å². The number of aromatic nitrogens is 1. The monoisotopic (exact) mass is 396 g/mol. The van der Waals surface area contributed by atoms with E-state index in [2.05, 4.69) is 10.3 Å². The Morgan fingerprint density at radius 3 is 2.90 bits per heavy atom. The number of imide groups is 1. The van der Waals surface area contributed by atoms with E-state index in [9.17, 15) is 14.4 Å². The number of nitrogens with zero attached hydrogens (tertiary/aromatic N) is 3. The van der Waals surface area contributed by atoms with E-state index >= 15 is 0 Å². The second-order valence-electron chi connectivity index (χ2n) is 7.43. The molecule has 4 rings (SSSR count). The number of urea groups is 1. The van der Waals surface area contributed by atoms with E-state index in [1.165, 1.54) is 6.26 Å². The highest BCUT2D eigenvalue weighted by Gasteiger charge is 2.39. The van der Waals surface area contributed by atoms with Gasteiger partial charge in [0.25, 0.3) is 5.91 Å².